The molecule has 0 aliphatic carbocycles. The number of aromatic nitrogens is 1. The standard InChI is InChI=1S/C20H22IN3OS/c1-5-22-20-23(6-2)19(25)18(26-20)11-15-10-13(3)24(14(15)4)17-9-7-8-16(21)12-17/h7-12H,5-6H2,1-4H3. The number of hydrogen-bond donors (Lipinski definition) is 0. The fourth-order valence-electron chi connectivity index (χ4n) is 3.13. The molecule has 0 N–H and O–H groups in total. The molecule has 0 spiro atoms. The number of aryl methyl sites for hydroxylation is 1. The Labute approximate surface area is 172 Å². The van der Waals surface area contributed by atoms with Crippen molar-refractivity contribution >= 4 is 51.5 Å². The largest absolute Gasteiger partial charge is 0.318 e. The lowest BCUT2D eigenvalue weighted by Crippen LogP contribution is -2.28. The summed E-state index contributed by atoms with van der Waals surface area (Å²) in [6.45, 7) is 9.49. The number of amides is 1. The van der Waals surface area contributed by atoms with Gasteiger partial charge < -0.3 is 4.57 Å². The summed E-state index contributed by atoms with van der Waals surface area (Å²) in [6, 6.07) is 10.6. The molecular formula is C20H22IN3OS. The fraction of sp³-hybridized carbons (Fsp3) is 0.300. The Bertz CT molecular complexity index is 914. The van der Waals surface area contributed by atoms with Crippen molar-refractivity contribution in [2.24, 2.45) is 4.99 Å². The minimum absolute atomic E-state index is 0.0452. The van der Waals surface area contributed by atoms with Gasteiger partial charge in [0.1, 0.15) is 0 Å². The Kier molecular flexibility index (Phi) is 5.92. The van der Waals surface area contributed by atoms with Gasteiger partial charge in [0.05, 0.1) is 4.91 Å². The van der Waals surface area contributed by atoms with Crippen molar-refractivity contribution < 1.29 is 4.79 Å². The average Bonchev–Trinajstić information content (AvgIpc) is 3.04. The van der Waals surface area contributed by atoms with Crippen molar-refractivity contribution in [2.45, 2.75) is 27.7 Å². The van der Waals surface area contributed by atoms with Crippen LogP contribution in [0.1, 0.15) is 30.8 Å². The Morgan fingerprint density at radius 3 is 2.65 bits per heavy atom. The normalized spacial score (nSPS) is 17.7. The topological polar surface area (TPSA) is 37.6 Å². The number of thioether (sulfide) groups is 1. The molecule has 1 amide bonds. The van der Waals surface area contributed by atoms with Crippen LogP contribution in [0, 0.1) is 17.4 Å². The molecule has 0 unspecified atom stereocenters. The highest BCUT2D eigenvalue weighted by Crippen LogP contribution is 2.34. The van der Waals surface area contributed by atoms with Crippen LogP contribution in [0.25, 0.3) is 11.8 Å². The maximum absolute atomic E-state index is 12.7. The summed E-state index contributed by atoms with van der Waals surface area (Å²) in [6.07, 6.45) is 2.00. The maximum Gasteiger partial charge on any atom is 0.266 e. The zero-order valence-corrected chi connectivity index (χ0v) is 18.4. The first-order valence-corrected chi connectivity index (χ1v) is 10.6. The minimum Gasteiger partial charge on any atom is -0.318 e. The number of likely N-dealkylation sites (N-methyl/N-ethyl adjacent to an activating group) is 1. The van der Waals surface area contributed by atoms with Gasteiger partial charge in [0.25, 0.3) is 5.91 Å². The van der Waals surface area contributed by atoms with E-state index in [4.69, 9.17) is 0 Å². The second-order valence-corrected chi connectivity index (χ2v) is 8.31. The van der Waals surface area contributed by atoms with Gasteiger partial charge in [0, 0.05) is 33.7 Å². The minimum atomic E-state index is 0.0452. The first kappa shape index (κ1) is 19.2. The Morgan fingerprint density at radius 2 is 2.00 bits per heavy atom. The number of rotatable bonds is 4. The quantitative estimate of drug-likeness (QED) is 0.457. The Hall–Kier alpha value is -1.54. The number of carbonyl (C=O) groups excluding carboxylic acids is 1. The van der Waals surface area contributed by atoms with Crippen LogP contribution in [-0.4, -0.2) is 33.6 Å². The van der Waals surface area contributed by atoms with E-state index >= 15 is 0 Å². The van der Waals surface area contributed by atoms with Gasteiger partial charge in [-0.05, 0) is 98.0 Å². The van der Waals surface area contributed by atoms with Crippen molar-refractivity contribution in [3.05, 3.63) is 55.8 Å². The highest BCUT2D eigenvalue weighted by atomic mass is 127. The van der Waals surface area contributed by atoms with E-state index in [2.05, 4.69) is 76.3 Å². The van der Waals surface area contributed by atoms with Crippen LogP contribution in [0.2, 0.25) is 0 Å². The Morgan fingerprint density at radius 1 is 1.23 bits per heavy atom. The molecule has 0 radical (unpaired) electrons. The number of halogens is 1. The van der Waals surface area contributed by atoms with Gasteiger partial charge in [-0.25, -0.2) is 0 Å². The predicted octanol–water partition coefficient (Wildman–Crippen LogP) is 5.01. The summed E-state index contributed by atoms with van der Waals surface area (Å²) in [5.74, 6) is 0.0452. The third-order valence-corrected chi connectivity index (χ3v) is 6.04. The van der Waals surface area contributed by atoms with Crippen LogP contribution in [-0.2, 0) is 4.79 Å². The van der Waals surface area contributed by atoms with Gasteiger partial charge in [-0.2, -0.15) is 0 Å². The van der Waals surface area contributed by atoms with Crippen LogP contribution in [0.5, 0.6) is 0 Å². The third-order valence-electron chi connectivity index (χ3n) is 4.32. The zero-order valence-electron chi connectivity index (χ0n) is 15.4. The molecule has 0 atom stereocenters. The van der Waals surface area contributed by atoms with E-state index < -0.39 is 0 Å². The molecule has 136 valence electrons. The van der Waals surface area contributed by atoms with Gasteiger partial charge in [0.15, 0.2) is 5.17 Å². The van der Waals surface area contributed by atoms with Crippen molar-refractivity contribution in [3.63, 3.8) is 0 Å². The Balaban J connectivity index is 2.02. The summed E-state index contributed by atoms with van der Waals surface area (Å²) in [5.41, 5.74) is 4.51. The molecule has 2 heterocycles. The van der Waals surface area contributed by atoms with Crippen LogP contribution in [0.3, 0.4) is 0 Å². The van der Waals surface area contributed by atoms with Crippen LogP contribution >= 0.6 is 34.4 Å². The SMILES string of the molecule is CCN=C1SC(=Cc2cc(C)n(-c3cccc(I)c3)c2C)C(=O)N1CC. The second-order valence-electron chi connectivity index (χ2n) is 6.06. The molecule has 1 aliphatic rings. The molecule has 0 bridgehead atoms. The van der Waals surface area contributed by atoms with Crippen molar-refractivity contribution in [2.75, 3.05) is 13.1 Å². The van der Waals surface area contributed by atoms with Crippen LogP contribution in [0.15, 0.2) is 40.2 Å². The molecular weight excluding hydrogens is 457 g/mol. The first-order chi connectivity index (χ1) is 12.5. The molecule has 1 aromatic heterocycles. The lowest BCUT2D eigenvalue weighted by Gasteiger charge is -2.11. The summed E-state index contributed by atoms with van der Waals surface area (Å²) in [7, 11) is 0. The highest BCUT2D eigenvalue weighted by Gasteiger charge is 2.32. The summed E-state index contributed by atoms with van der Waals surface area (Å²) in [4.78, 5) is 19.6. The molecule has 1 aromatic carbocycles. The van der Waals surface area contributed by atoms with E-state index in [9.17, 15) is 4.79 Å². The van der Waals surface area contributed by atoms with E-state index in [1.165, 1.54) is 15.3 Å². The smallest absolute Gasteiger partial charge is 0.266 e. The number of hydrogen-bond acceptors (Lipinski definition) is 3. The summed E-state index contributed by atoms with van der Waals surface area (Å²) < 4.78 is 3.44. The van der Waals surface area contributed by atoms with E-state index in [1.807, 2.05) is 19.9 Å². The van der Waals surface area contributed by atoms with E-state index in [1.54, 1.807) is 4.90 Å². The monoisotopic (exact) mass is 479 g/mol. The lowest BCUT2D eigenvalue weighted by atomic mass is 10.2. The zero-order chi connectivity index (χ0) is 18.8. The van der Waals surface area contributed by atoms with Gasteiger partial charge in [-0.3, -0.25) is 14.7 Å². The number of amidine groups is 1. The fourth-order valence-corrected chi connectivity index (χ4v) is 4.75. The number of carbonyl (C=O) groups is 1. The van der Waals surface area contributed by atoms with Gasteiger partial charge in [-0.15, -0.1) is 0 Å². The highest BCUT2D eigenvalue weighted by molar-refractivity contribution is 14.1. The molecule has 1 saturated heterocycles. The molecule has 0 saturated carbocycles. The predicted molar refractivity (Wildman–Crippen MR) is 119 cm³/mol. The van der Waals surface area contributed by atoms with Gasteiger partial charge >= 0.3 is 0 Å². The third kappa shape index (κ3) is 3.62. The molecule has 26 heavy (non-hydrogen) atoms. The maximum atomic E-state index is 12.7. The van der Waals surface area contributed by atoms with Crippen molar-refractivity contribution in [3.8, 4) is 5.69 Å². The molecule has 6 heteroatoms. The van der Waals surface area contributed by atoms with Crippen LogP contribution < -0.4 is 0 Å². The molecule has 1 fully saturated rings. The van der Waals surface area contributed by atoms with E-state index in [-0.39, 0.29) is 5.91 Å². The van der Waals surface area contributed by atoms with Crippen molar-refractivity contribution in [1.82, 2.24) is 9.47 Å². The number of nitrogens with zero attached hydrogens (tertiary/aromatic N) is 3. The number of benzene rings is 1. The molecule has 1 aliphatic heterocycles. The lowest BCUT2D eigenvalue weighted by molar-refractivity contribution is -0.122. The second kappa shape index (κ2) is 8.00. The van der Waals surface area contributed by atoms with Gasteiger partial charge in [0.2, 0.25) is 0 Å². The summed E-state index contributed by atoms with van der Waals surface area (Å²) >= 11 is 3.80. The van der Waals surface area contributed by atoms with Gasteiger partial charge in [-0.1, -0.05) is 6.07 Å². The first-order valence-electron chi connectivity index (χ1n) is 8.67. The number of aliphatic imine (C=N–C) groups is 1. The van der Waals surface area contributed by atoms with E-state index in [0.29, 0.717) is 13.1 Å². The summed E-state index contributed by atoms with van der Waals surface area (Å²) in [5, 5.41) is 0.803. The molecule has 4 nitrogen and oxygen atoms in total. The molecule has 3 rings (SSSR count). The average molecular weight is 479 g/mol. The molecule has 2 aromatic rings. The van der Waals surface area contributed by atoms with Crippen LogP contribution in [0.4, 0.5) is 0 Å². The van der Waals surface area contributed by atoms with Crippen molar-refractivity contribution in [1.29, 1.82) is 0 Å². The van der Waals surface area contributed by atoms with E-state index in [0.717, 1.165) is 32.7 Å².